The lowest BCUT2D eigenvalue weighted by atomic mass is 10.7. The summed E-state index contributed by atoms with van der Waals surface area (Å²) < 4.78 is 1.82. The summed E-state index contributed by atoms with van der Waals surface area (Å²) in [4.78, 5) is 26.2. The van der Waals surface area contributed by atoms with Crippen molar-refractivity contribution in [2.24, 2.45) is 20.0 Å². The molecule has 0 aromatic carbocycles. The fraction of sp³-hybridized carbons (Fsp3) is 0.400. The van der Waals surface area contributed by atoms with Gasteiger partial charge in [-0.15, -0.1) is 5.10 Å². The second-order valence-electron chi connectivity index (χ2n) is 2.19. The third kappa shape index (κ3) is 1.10. The van der Waals surface area contributed by atoms with Gasteiger partial charge in [0.25, 0.3) is 0 Å². The monoisotopic (exact) mass is 172 g/mol. The van der Waals surface area contributed by atoms with E-state index >= 15 is 0 Å². The average molecular weight is 172 g/mol. The van der Waals surface area contributed by atoms with Crippen LogP contribution in [0.2, 0.25) is 0 Å². The van der Waals surface area contributed by atoms with Crippen LogP contribution in [0.5, 0.6) is 5.88 Å². The van der Waals surface area contributed by atoms with E-state index in [0.717, 1.165) is 9.25 Å². The van der Waals surface area contributed by atoms with Crippen molar-refractivity contribution < 1.29 is 4.84 Å². The van der Waals surface area contributed by atoms with Gasteiger partial charge >= 0.3 is 17.1 Å². The summed E-state index contributed by atoms with van der Waals surface area (Å²) in [6, 6.07) is 0. The highest BCUT2D eigenvalue weighted by atomic mass is 16.6. The predicted octanol–water partition coefficient (Wildman–Crippen LogP) is -2.27. The standard InChI is InChI=1S/C5H8N4O3/c1-8-4(10)3(12-6)7-9(2)5(8)11/h6H2,1-2H3. The molecular formula is C5H8N4O3. The van der Waals surface area contributed by atoms with Gasteiger partial charge in [-0.1, -0.05) is 0 Å². The van der Waals surface area contributed by atoms with E-state index in [9.17, 15) is 9.59 Å². The number of hydrogen-bond acceptors (Lipinski definition) is 5. The molecule has 66 valence electrons. The SMILES string of the molecule is Cn1nc(ON)c(=O)n(C)c1=O. The van der Waals surface area contributed by atoms with Crippen LogP contribution >= 0.6 is 0 Å². The van der Waals surface area contributed by atoms with Gasteiger partial charge in [0.2, 0.25) is 0 Å². The predicted molar refractivity (Wildman–Crippen MR) is 39.5 cm³/mol. The van der Waals surface area contributed by atoms with Gasteiger partial charge < -0.3 is 4.84 Å². The molecule has 1 rings (SSSR count). The molecule has 0 amide bonds. The molecule has 0 aliphatic carbocycles. The van der Waals surface area contributed by atoms with E-state index in [2.05, 4.69) is 9.94 Å². The number of aromatic nitrogens is 3. The van der Waals surface area contributed by atoms with E-state index in [4.69, 9.17) is 5.90 Å². The lowest BCUT2D eigenvalue weighted by molar-refractivity contribution is 0.298. The van der Waals surface area contributed by atoms with Gasteiger partial charge in [-0.05, 0) is 0 Å². The number of aryl methyl sites for hydroxylation is 1. The molecular weight excluding hydrogens is 164 g/mol. The van der Waals surface area contributed by atoms with Gasteiger partial charge in [0.15, 0.2) is 0 Å². The minimum atomic E-state index is -0.652. The number of hydrogen-bond donors (Lipinski definition) is 1. The maximum Gasteiger partial charge on any atom is 0.347 e. The molecule has 0 bridgehead atoms. The van der Waals surface area contributed by atoms with Crippen LogP contribution < -0.4 is 22.0 Å². The van der Waals surface area contributed by atoms with Crippen molar-refractivity contribution in [2.75, 3.05) is 0 Å². The molecule has 0 spiro atoms. The number of rotatable bonds is 1. The zero-order chi connectivity index (χ0) is 9.30. The lowest BCUT2D eigenvalue weighted by Gasteiger charge is -2.01. The lowest BCUT2D eigenvalue weighted by Crippen LogP contribution is -2.39. The van der Waals surface area contributed by atoms with Gasteiger partial charge in [0.05, 0.1) is 0 Å². The fourth-order valence-electron chi connectivity index (χ4n) is 0.743. The van der Waals surface area contributed by atoms with Crippen LogP contribution in [0.4, 0.5) is 0 Å². The van der Waals surface area contributed by atoms with Gasteiger partial charge in [0.1, 0.15) is 0 Å². The molecule has 1 aromatic rings. The summed E-state index contributed by atoms with van der Waals surface area (Å²) in [5, 5.41) is 3.48. The fourth-order valence-corrected chi connectivity index (χ4v) is 0.743. The smallest absolute Gasteiger partial charge is 0.347 e. The van der Waals surface area contributed by atoms with Crippen LogP contribution in [0.25, 0.3) is 0 Å². The number of nitrogens with zero attached hydrogens (tertiary/aromatic N) is 3. The van der Waals surface area contributed by atoms with Crippen LogP contribution in [0.15, 0.2) is 9.59 Å². The Balaban J connectivity index is 3.61. The van der Waals surface area contributed by atoms with Crippen LogP contribution in [0.1, 0.15) is 0 Å². The van der Waals surface area contributed by atoms with Crippen LogP contribution in [-0.2, 0) is 14.1 Å². The summed E-state index contributed by atoms with van der Waals surface area (Å²) in [5.41, 5.74) is -1.18. The molecule has 0 saturated carbocycles. The normalized spacial score (nSPS) is 9.92. The Kier molecular flexibility index (Phi) is 1.96. The summed E-state index contributed by atoms with van der Waals surface area (Å²) in [5.74, 6) is 4.44. The molecule has 0 saturated heterocycles. The summed E-state index contributed by atoms with van der Waals surface area (Å²) in [7, 11) is 2.71. The Bertz CT molecular complexity index is 404. The third-order valence-corrected chi connectivity index (χ3v) is 1.40. The van der Waals surface area contributed by atoms with Crippen molar-refractivity contribution in [1.82, 2.24) is 14.3 Å². The van der Waals surface area contributed by atoms with E-state index in [1.807, 2.05) is 0 Å². The second kappa shape index (κ2) is 2.78. The Morgan fingerprint density at radius 1 is 1.42 bits per heavy atom. The van der Waals surface area contributed by atoms with Crippen LogP contribution in [0.3, 0.4) is 0 Å². The van der Waals surface area contributed by atoms with Gasteiger partial charge in [-0.25, -0.2) is 9.48 Å². The summed E-state index contributed by atoms with van der Waals surface area (Å²) in [6.07, 6.45) is 0. The Labute approximate surface area is 66.9 Å². The van der Waals surface area contributed by atoms with E-state index in [-0.39, 0.29) is 5.88 Å². The first-order chi connectivity index (χ1) is 5.57. The van der Waals surface area contributed by atoms with E-state index in [1.54, 1.807) is 0 Å². The van der Waals surface area contributed by atoms with Crippen LogP contribution in [-0.4, -0.2) is 14.3 Å². The molecule has 7 nitrogen and oxygen atoms in total. The van der Waals surface area contributed by atoms with E-state index in [1.165, 1.54) is 14.1 Å². The second-order valence-corrected chi connectivity index (χ2v) is 2.19. The molecule has 1 aromatic heterocycles. The highest BCUT2D eigenvalue weighted by Crippen LogP contribution is 1.86. The molecule has 0 unspecified atom stereocenters. The summed E-state index contributed by atoms with van der Waals surface area (Å²) >= 11 is 0. The zero-order valence-corrected chi connectivity index (χ0v) is 6.64. The minimum Gasteiger partial charge on any atom is -0.384 e. The van der Waals surface area contributed by atoms with Crippen molar-refractivity contribution in [3.63, 3.8) is 0 Å². The van der Waals surface area contributed by atoms with Crippen molar-refractivity contribution in [1.29, 1.82) is 0 Å². The first-order valence-corrected chi connectivity index (χ1v) is 3.09. The Hall–Kier alpha value is -1.63. The van der Waals surface area contributed by atoms with Crippen molar-refractivity contribution in [3.05, 3.63) is 20.8 Å². The quantitative estimate of drug-likeness (QED) is 0.482. The third-order valence-electron chi connectivity index (χ3n) is 1.40. The summed E-state index contributed by atoms with van der Waals surface area (Å²) in [6.45, 7) is 0. The first kappa shape index (κ1) is 8.47. The topological polar surface area (TPSA) is 92.1 Å². The number of nitrogens with two attached hydrogens (primary N) is 1. The van der Waals surface area contributed by atoms with Gasteiger partial charge in [-0.2, -0.15) is 5.90 Å². The van der Waals surface area contributed by atoms with Crippen molar-refractivity contribution >= 4 is 0 Å². The van der Waals surface area contributed by atoms with Gasteiger partial charge in [0, 0.05) is 14.1 Å². The highest BCUT2D eigenvalue weighted by Gasteiger charge is 2.07. The maximum absolute atomic E-state index is 11.1. The molecule has 12 heavy (non-hydrogen) atoms. The molecule has 0 aliphatic rings. The van der Waals surface area contributed by atoms with Crippen molar-refractivity contribution in [3.8, 4) is 5.88 Å². The van der Waals surface area contributed by atoms with Crippen LogP contribution in [0, 0.1) is 0 Å². The van der Waals surface area contributed by atoms with Crippen molar-refractivity contribution in [2.45, 2.75) is 0 Å². The first-order valence-electron chi connectivity index (χ1n) is 3.09. The maximum atomic E-state index is 11.1. The molecule has 0 aliphatic heterocycles. The Morgan fingerprint density at radius 3 is 2.50 bits per heavy atom. The van der Waals surface area contributed by atoms with Gasteiger partial charge in [-0.3, -0.25) is 9.36 Å². The molecule has 0 fully saturated rings. The zero-order valence-electron chi connectivity index (χ0n) is 6.64. The molecule has 0 atom stereocenters. The highest BCUT2D eigenvalue weighted by molar-refractivity contribution is 5.00. The minimum absolute atomic E-state index is 0.306. The molecule has 2 N–H and O–H groups in total. The van der Waals surface area contributed by atoms with E-state index in [0.29, 0.717) is 0 Å². The average Bonchev–Trinajstić information content (AvgIpc) is 2.08. The Morgan fingerprint density at radius 2 is 2.00 bits per heavy atom. The largest absolute Gasteiger partial charge is 0.384 e. The molecule has 1 heterocycles. The molecule has 0 radical (unpaired) electrons. The van der Waals surface area contributed by atoms with E-state index < -0.39 is 11.2 Å². The molecule has 7 heteroatoms.